The average Bonchev–Trinajstić information content (AvgIpc) is 1.97. The van der Waals surface area contributed by atoms with E-state index in [9.17, 15) is 5.11 Å². The fourth-order valence-electron chi connectivity index (χ4n) is 1.86. The Kier molecular flexibility index (Phi) is 2.72. The summed E-state index contributed by atoms with van der Waals surface area (Å²) in [5.41, 5.74) is 1.43. The number of aliphatic hydroxyl groups excluding tert-OH is 1. The highest BCUT2D eigenvalue weighted by Crippen LogP contribution is 2.30. The predicted octanol–water partition coefficient (Wildman–Crippen LogP) is 2.36. The first-order valence-corrected chi connectivity index (χ1v) is 4.53. The summed E-state index contributed by atoms with van der Waals surface area (Å²) in [5, 5.41) is 9.52. The summed E-state index contributed by atoms with van der Waals surface area (Å²) >= 11 is 0. The first-order chi connectivity index (χ1) is 5.15. The van der Waals surface area contributed by atoms with Crippen LogP contribution in [0.4, 0.5) is 0 Å². The molecular formula is C10H18O. The molecule has 0 amide bonds. The smallest absolute Gasteiger partial charge is 0.0749 e. The molecule has 0 aromatic rings. The molecule has 1 heteroatoms. The molecule has 11 heavy (non-hydrogen) atoms. The molecular weight excluding hydrogens is 136 g/mol. The van der Waals surface area contributed by atoms with E-state index in [2.05, 4.69) is 20.8 Å². The first kappa shape index (κ1) is 8.79. The van der Waals surface area contributed by atoms with Crippen LogP contribution in [0.25, 0.3) is 0 Å². The van der Waals surface area contributed by atoms with Crippen LogP contribution < -0.4 is 0 Å². The molecule has 0 spiro atoms. The van der Waals surface area contributed by atoms with Gasteiger partial charge < -0.3 is 5.11 Å². The molecule has 0 radical (unpaired) electrons. The Bertz CT molecular complexity index is 160. The van der Waals surface area contributed by atoms with Gasteiger partial charge >= 0.3 is 0 Å². The van der Waals surface area contributed by atoms with Crippen molar-refractivity contribution in [1.29, 1.82) is 0 Å². The maximum Gasteiger partial charge on any atom is 0.0749 e. The van der Waals surface area contributed by atoms with Crippen molar-refractivity contribution in [3.05, 3.63) is 11.6 Å². The minimum Gasteiger partial charge on any atom is -0.389 e. The largest absolute Gasteiger partial charge is 0.389 e. The van der Waals surface area contributed by atoms with Crippen LogP contribution >= 0.6 is 0 Å². The molecule has 0 aromatic heterocycles. The zero-order valence-corrected chi connectivity index (χ0v) is 7.67. The van der Waals surface area contributed by atoms with E-state index in [1.807, 2.05) is 6.08 Å². The third-order valence-electron chi connectivity index (χ3n) is 2.73. The molecule has 3 atom stereocenters. The van der Waals surface area contributed by atoms with Crippen LogP contribution in [0, 0.1) is 11.8 Å². The normalized spacial score (nSPS) is 38.5. The van der Waals surface area contributed by atoms with Crippen LogP contribution in [0.1, 0.15) is 33.6 Å². The molecule has 64 valence electrons. The van der Waals surface area contributed by atoms with Crippen LogP contribution in [0.5, 0.6) is 0 Å². The molecule has 1 N–H and O–H groups in total. The SMILES string of the molecule is CCC1=CC(O)C(C)CC1C. The fraction of sp³-hybridized carbons (Fsp3) is 0.800. The van der Waals surface area contributed by atoms with Gasteiger partial charge in [0.1, 0.15) is 0 Å². The van der Waals surface area contributed by atoms with E-state index in [4.69, 9.17) is 0 Å². The van der Waals surface area contributed by atoms with Crippen LogP contribution in [-0.4, -0.2) is 11.2 Å². The van der Waals surface area contributed by atoms with Gasteiger partial charge in [-0.1, -0.05) is 32.4 Å². The number of aliphatic hydroxyl groups is 1. The van der Waals surface area contributed by atoms with Gasteiger partial charge in [-0.25, -0.2) is 0 Å². The van der Waals surface area contributed by atoms with E-state index in [1.165, 1.54) is 5.57 Å². The summed E-state index contributed by atoms with van der Waals surface area (Å²) in [5.74, 6) is 1.12. The van der Waals surface area contributed by atoms with Crippen molar-refractivity contribution in [2.24, 2.45) is 11.8 Å². The van der Waals surface area contributed by atoms with Gasteiger partial charge in [-0.2, -0.15) is 0 Å². The monoisotopic (exact) mass is 154 g/mol. The molecule has 0 aliphatic heterocycles. The average molecular weight is 154 g/mol. The van der Waals surface area contributed by atoms with Gasteiger partial charge in [0.25, 0.3) is 0 Å². The number of allylic oxidation sites excluding steroid dienone is 1. The molecule has 0 bridgehead atoms. The molecule has 0 saturated carbocycles. The van der Waals surface area contributed by atoms with Gasteiger partial charge in [-0.05, 0) is 24.7 Å². The highest BCUT2D eigenvalue weighted by atomic mass is 16.3. The second kappa shape index (κ2) is 3.40. The quantitative estimate of drug-likeness (QED) is 0.575. The minimum atomic E-state index is -0.193. The maximum atomic E-state index is 9.52. The molecule has 3 unspecified atom stereocenters. The summed E-state index contributed by atoms with van der Waals surface area (Å²) in [6, 6.07) is 0. The molecule has 0 fully saturated rings. The van der Waals surface area contributed by atoms with Crippen molar-refractivity contribution in [1.82, 2.24) is 0 Å². The zero-order valence-electron chi connectivity index (χ0n) is 7.67. The Balaban J connectivity index is 2.70. The lowest BCUT2D eigenvalue weighted by Crippen LogP contribution is -2.24. The summed E-state index contributed by atoms with van der Waals surface area (Å²) in [6.07, 6.45) is 4.08. The second-order valence-corrected chi connectivity index (χ2v) is 3.70. The van der Waals surface area contributed by atoms with Gasteiger partial charge in [0.05, 0.1) is 6.10 Å². The second-order valence-electron chi connectivity index (χ2n) is 3.70. The van der Waals surface area contributed by atoms with Crippen LogP contribution in [0.15, 0.2) is 11.6 Å². The van der Waals surface area contributed by atoms with Crippen LogP contribution in [0.2, 0.25) is 0 Å². The molecule has 1 rings (SSSR count). The van der Waals surface area contributed by atoms with E-state index < -0.39 is 0 Å². The van der Waals surface area contributed by atoms with Crippen molar-refractivity contribution in [3.63, 3.8) is 0 Å². The fourth-order valence-corrected chi connectivity index (χ4v) is 1.86. The molecule has 0 saturated heterocycles. The standard InChI is InChI=1S/C10H18O/c1-4-9-6-10(11)8(3)5-7(9)2/h6-8,10-11H,4-5H2,1-3H3. The maximum absolute atomic E-state index is 9.52. The number of hydrogen-bond donors (Lipinski definition) is 1. The Morgan fingerprint density at radius 3 is 2.73 bits per heavy atom. The molecule has 1 nitrogen and oxygen atoms in total. The summed E-state index contributed by atoms with van der Waals surface area (Å²) in [7, 11) is 0. The number of hydrogen-bond acceptors (Lipinski definition) is 1. The van der Waals surface area contributed by atoms with Crippen molar-refractivity contribution in [2.45, 2.75) is 39.7 Å². The highest BCUT2D eigenvalue weighted by Gasteiger charge is 2.22. The van der Waals surface area contributed by atoms with Crippen LogP contribution in [-0.2, 0) is 0 Å². The lowest BCUT2D eigenvalue weighted by atomic mass is 9.80. The van der Waals surface area contributed by atoms with Crippen molar-refractivity contribution >= 4 is 0 Å². The lowest BCUT2D eigenvalue weighted by molar-refractivity contribution is 0.137. The predicted molar refractivity (Wildman–Crippen MR) is 47.3 cm³/mol. The van der Waals surface area contributed by atoms with E-state index in [-0.39, 0.29) is 6.10 Å². The van der Waals surface area contributed by atoms with Gasteiger partial charge in [-0.15, -0.1) is 0 Å². The Labute approximate surface area is 69.1 Å². The van der Waals surface area contributed by atoms with Gasteiger partial charge in [0, 0.05) is 0 Å². The minimum absolute atomic E-state index is 0.193. The van der Waals surface area contributed by atoms with E-state index >= 15 is 0 Å². The van der Waals surface area contributed by atoms with E-state index in [0.717, 1.165) is 12.8 Å². The third kappa shape index (κ3) is 1.84. The van der Waals surface area contributed by atoms with Gasteiger partial charge in [0.2, 0.25) is 0 Å². The molecule has 1 aliphatic carbocycles. The van der Waals surface area contributed by atoms with Crippen molar-refractivity contribution in [2.75, 3.05) is 0 Å². The van der Waals surface area contributed by atoms with Crippen molar-refractivity contribution in [3.8, 4) is 0 Å². The summed E-state index contributed by atoms with van der Waals surface area (Å²) in [4.78, 5) is 0. The topological polar surface area (TPSA) is 20.2 Å². The lowest BCUT2D eigenvalue weighted by Gasteiger charge is -2.28. The summed E-state index contributed by atoms with van der Waals surface area (Å²) < 4.78 is 0. The Morgan fingerprint density at radius 1 is 1.55 bits per heavy atom. The molecule has 0 heterocycles. The molecule has 0 aromatic carbocycles. The van der Waals surface area contributed by atoms with Crippen LogP contribution in [0.3, 0.4) is 0 Å². The van der Waals surface area contributed by atoms with E-state index in [0.29, 0.717) is 11.8 Å². The van der Waals surface area contributed by atoms with Gasteiger partial charge in [-0.3, -0.25) is 0 Å². The summed E-state index contributed by atoms with van der Waals surface area (Å²) in [6.45, 7) is 6.52. The zero-order chi connectivity index (χ0) is 8.43. The molecule has 1 aliphatic rings. The van der Waals surface area contributed by atoms with Gasteiger partial charge in [0.15, 0.2) is 0 Å². The highest BCUT2D eigenvalue weighted by molar-refractivity contribution is 5.12. The third-order valence-corrected chi connectivity index (χ3v) is 2.73. The van der Waals surface area contributed by atoms with Crippen molar-refractivity contribution < 1.29 is 5.11 Å². The number of rotatable bonds is 1. The Hall–Kier alpha value is -0.300. The Morgan fingerprint density at radius 2 is 2.18 bits per heavy atom. The first-order valence-electron chi connectivity index (χ1n) is 4.53. The van der Waals surface area contributed by atoms with E-state index in [1.54, 1.807) is 0 Å².